The van der Waals surface area contributed by atoms with Crippen molar-refractivity contribution < 1.29 is 9.53 Å². The van der Waals surface area contributed by atoms with E-state index in [1.54, 1.807) is 0 Å². The van der Waals surface area contributed by atoms with Crippen LogP contribution in [0.25, 0.3) is 0 Å². The molecule has 2 unspecified atom stereocenters. The van der Waals surface area contributed by atoms with E-state index >= 15 is 0 Å². The fraction of sp³-hybridized carbons (Fsp3) is 0.562. The average Bonchev–Trinajstić information content (AvgIpc) is 2.95. The first-order valence-corrected chi connectivity index (χ1v) is 7.39. The van der Waals surface area contributed by atoms with Crippen molar-refractivity contribution in [3.05, 3.63) is 35.4 Å². The zero-order chi connectivity index (χ0) is 13.9. The van der Waals surface area contributed by atoms with Gasteiger partial charge in [-0.15, -0.1) is 0 Å². The number of rotatable bonds is 3. The largest absolute Gasteiger partial charge is 0.465 e. The maximum Gasteiger partial charge on any atom is 0.337 e. The van der Waals surface area contributed by atoms with Crippen LogP contribution in [0.5, 0.6) is 0 Å². The summed E-state index contributed by atoms with van der Waals surface area (Å²) < 4.78 is 4.72. The predicted molar refractivity (Wildman–Crippen MR) is 77.6 cm³/mol. The molecule has 0 amide bonds. The number of carbonyl (C=O) groups is 1. The first kappa shape index (κ1) is 13.6. The van der Waals surface area contributed by atoms with Crippen LogP contribution in [-0.4, -0.2) is 43.7 Å². The molecule has 0 bridgehead atoms. The molecule has 0 aliphatic carbocycles. The smallest absolute Gasteiger partial charge is 0.337 e. The molecule has 20 heavy (non-hydrogen) atoms. The maximum absolute atomic E-state index is 11.4. The molecule has 1 aromatic rings. The molecule has 3 rings (SSSR count). The lowest BCUT2D eigenvalue weighted by molar-refractivity contribution is 0.0600. The van der Waals surface area contributed by atoms with Gasteiger partial charge >= 0.3 is 5.97 Å². The minimum atomic E-state index is -0.269. The summed E-state index contributed by atoms with van der Waals surface area (Å²) in [5, 5.41) is 3.59. The number of benzene rings is 1. The Kier molecular flexibility index (Phi) is 4.03. The van der Waals surface area contributed by atoms with Crippen LogP contribution in [-0.2, 0) is 11.3 Å². The van der Waals surface area contributed by atoms with Crippen LogP contribution in [0.4, 0.5) is 0 Å². The standard InChI is InChI=1S/C16H22N2O2/c1-20-16(19)13-4-2-12(3-5-13)10-18-9-7-15-14(11-18)6-8-17-15/h2-5,14-15,17H,6-11H2,1H3. The lowest BCUT2D eigenvalue weighted by Gasteiger charge is -2.34. The summed E-state index contributed by atoms with van der Waals surface area (Å²) in [6.45, 7) is 4.50. The maximum atomic E-state index is 11.4. The molecule has 0 aromatic heterocycles. The highest BCUT2D eigenvalue weighted by Gasteiger charge is 2.32. The van der Waals surface area contributed by atoms with Crippen LogP contribution >= 0.6 is 0 Å². The number of fused-ring (bicyclic) bond motifs is 1. The predicted octanol–water partition coefficient (Wildman–Crippen LogP) is 1.66. The van der Waals surface area contributed by atoms with Gasteiger partial charge in [0.1, 0.15) is 0 Å². The normalized spacial score (nSPS) is 26.2. The molecule has 1 N–H and O–H groups in total. The minimum absolute atomic E-state index is 0.269. The molecule has 0 radical (unpaired) electrons. The summed E-state index contributed by atoms with van der Waals surface area (Å²) >= 11 is 0. The third-order valence-corrected chi connectivity index (χ3v) is 4.52. The lowest BCUT2D eigenvalue weighted by atomic mass is 9.93. The SMILES string of the molecule is COC(=O)c1ccc(CN2CCC3NCCC3C2)cc1. The zero-order valence-electron chi connectivity index (χ0n) is 12.0. The van der Waals surface area contributed by atoms with Crippen molar-refractivity contribution in [1.82, 2.24) is 10.2 Å². The van der Waals surface area contributed by atoms with Crippen molar-refractivity contribution in [2.45, 2.75) is 25.4 Å². The van der Waals surface area contributed by atoms with E-state index in [0.717, 1.165) is 25.0 Å². The van der Waals surface area contributed by atoms with Gasteiger partial charge in [-0.1, -0.05) is 12.1 Å². The van der Waals surface area contributed by atoms with Crippen LogP contribution < -0.4 is 5.32 Å². The van der Waals surface area contributed by atoms with Crippen molar-refractivity contribution in [3.63, 3.8) is 0 Å². The Hall–Kier alpha value is -1.39. The number of nitrogens with one attached hydrogen (secondary N) is 1. The van der Waals surface area contributed by atoms with Gasteiger partial charge in [-0.2, -0.15) is 0 Å². The molecule has 0 saturated carbocycles. The fourth-order valence-corrected chi connectivity index (χ4v) is 3.39. The highest BCUT2D eigenvalue weighted by molar-refractivity contribution is 5.89. The molecule has 2 aliphatic heterocycles. The van der Waals surface area contributed by atoms with Crippen molar-refractivity contribution in [2.75, 3.05) is 26.7 Å². The molecule has 4 heteroatoms. The molecule has 2 saturated heterocycles. The number of methoxy groups -OCH3 is 1. The second-order valence-electron chi connectivity index (χ2n) is 5.82. The number of ether oxygens (including phenoxy) is 1. The third kappa shape index (κ3) is 2.86. The Bertz CT molecular complexity index is 472. The fourth-order valence-electron chi connectivity index (χ4n) is 3.39. The van der Waals surface area contributed by atoms with E-state index in [0.29, 0.717) is 5.56 Å². The lowest BCUT2D eigenvalue weighted by Crippen LogP contribution is -2.43. The van der Waals surface area contributed by atoms with Crippen molar-refractivity contribution >= 4 is 5.97 Å². The molecule has 108 valence electrons. The van der Waals surface area contributed by atoms with Gasteiger partial charge in [-0.05, 0) is 49.5 Å². The zero-order valence-corrected chi connectivity index (χ0v) is 12.0. The second kappa shape index (κ2) is 5.94. The second-order valence-corrected chi connectivity index (χ2v) is 5.82. The van der Waals surface area contributed by atoms with Gasteiger partial charge in [-0.25, -0.2) is 4.79 Å². The molecular formula is C16H22N2O2. The molecule has 2 aliphatic rings. The van der Waals surface area contributed by atoms with Gasteiger partial charge in [-0.3, -0.25) is 4.90 Å². The summed E-state index contributed by atoms with van der Waals surface area (Å²) in [4.78, 5) is 13.9. The van der Waals surface area contributed by atoms with Gasteiger partial charge in [0.15, 0.2) is 0 Å². The van der Waals surface area contributed by atoms with Crippen LogP contribution in [0.15, 0.2) is 24.3 Å². The Labute approximate surface area is 120 Å². The van der Waals surface area contributed by atoms with Crippen molar-refractivity contribution in [3.8, 4) is 0 Å². The summed E-state index contributed by atoms with van der Waals surface area (Å²) in [6, 6.07) is 8.51. The molecule has 2 fully saturated rings. The molecule has 0 spiro atoms. The van der Waals surface area contributed by atoms with E-state index in [1.165, 1.54) is 38.6 Å². The Balaban J connectivity index is 1.59. The quantitative estimate of drug-likeness (QED) is 0.851. The van der Waals surface area contributed by atoms with E-state index in [4.69, 9.17) is 4.74 Å². The third-order valence-electron chi connectivity index (χ3n) is 4.52. The molecule has 4 nitrogen and oxygen atoms in total. The summed E-state index contributed by atoms with van der Waals surface area (Å²) in [5.74, 6) is 0.549. The first-order chi connectivity index (χ1) is 9.76. The van der Waals surface area contributed by atoms with Gasteiger partial charge in [0.05, 0.1) is 12.7 Å². The summed E-state index contributed by atoms with van der Waals surface area (Å²) in [7, 11) is 1.41. The van der Waals surface area contributed by atoms with Crippen LogP contribution in [0, 0.1) is 5.92 Å². The topological polar surface area (TPSA) is 41.6 Å². The number of piperidine rings is 1. The molecular weight excluding hydrogens is 252 g/mol. The Morgan fingerprint density at radius 3 is 2.90 bits per heavy atom. The molecule has 1 aromatic carbocycles. The average molecular weight is 274 g/mol. The molecule has 2 atom stereocenters. The van der Waals surface area contributed by atoms with Crippen molar-refractivity contribution in [2.24, 2.45) is 5.92 Å². The first-order valence-electron chi connectivity index (χ1n) is 7.39. The minimum Gasteiger partial charge on any atom is -0.465 e. The van der Waals surface area contributed by atoms with Gasteiger partial charge in [0.2, 0.25) is 0 Å². The number of likely N-dealkylation sites (tertiary alicyclic amines) is 1. The van der Waals surface area contributed by atoms with Crippen LogP contribution in [0.3, 0.4) is 0 Å². The monoisotopic (exact) mass is 274 g/mol. The van der Waals surface area contributed by atoms with Crippen molar-refractivity contribution in [1.29, 1.82) is 0 Å². The number of hydrogen-bond donors (Lipinski definition) is 1. The molecule has 2 heterocycles. The van der Waals surface area contributed by atoms with Gasteiger partial charge in [0.25, 0.3) is 0 Å². The van der Waals surface area contributed by atoms with Gasteiger partial charge < -0.3 is 10.1 Å². The van der Waals surface area contributed by atoms with E-state index in [1.807, 2.05) is 24.3 Å². The number of hydrogen-bond acceptors (Lipinski definition) is 4. The Morgan fingerprint density at radius 1 is 1.35 bits per heavy atom. The van der Waals surface area contributed by atoms with E-state index in [9.17, 15) is 4.79 Å². The van der Waals surface area contributed by atoms with E-state index in [2.05, 4.69) is 10.2 Å². The number of nitrogens with zero attached hydrogens (tertiary/aromatic N) is 1. The highest BCUT2D eigenvalue weighted by atomic mass is 16.5. The highest BCUT2D eigenvalue weighted by Crippen LogP contribution is 2.25. The number of carbonyl (C=O) groups excluding carboxylic acids is 1. The Morgan fingerprint density at radius 2 is 2.15 bits per heavy atom. The van der Waals surface area contributed by atoms with Crippen LogP contribution in [0.2, 0.25) is 0 Å². The summed E-state index contributed by atoms with van der Waals surface area (Å²) in [6.07, 6.45) is 2.56. The van der Waals surface area contributed by atoms with E-state index in [-0.39, 0.29) is 5.97 Å². The van der Waals surface area contributed by atoms with Crippen LogP contribution in [0.1, 0.15) is 28.8 Å². The number of esters is 1. The summed E-state index contributed by atoms with van der Waals surface area (Å²) in [5.41, 5.74) is 1.89. The van der Waals surface area contributed by atoms with Gasteiger partial charge in [0, 0.05) is 19.1 Å². The van der Waals surface area contributed by atoms with E-state index < -0.39 is 0 Å².